The van der Waals surface area contributed by atoms with E-state index in [1.807, 2.05) is 0 Å². The average Bonchev–Trinajstić information content (AvgIpc) is 2.32. The molecule has 0 radical (unpaired) electrons. The van der Waals surface area contributed by atoms with E-state index in [2.05, 4.69) is 5.32 Å². The van der Waals surface area contributed by atoms with Crippen LogP contribution in [-0.4, -0.2) is 40.8 Å². The van der Waals surface area contributed by atoms with Gasteiger partial charge in [0.05, 0.1) is 0 Å². The second-order valence-electron chi connectivity index (χ2n) is 2.77. The van der Waals surface area contributed by atoms with Crippen LogP contribution in [-0.2, 0) is 4.79 Å². The molecule has 1 rings (SSSR count). The largest absolute Gasteiger partial charge is 0.480 e. The van der Waals surface area contributed by atoms with Crippen molar-refractivity contribution in [3.8, 4) is 0 Å². The van der Waals surface area contributed by atoms with Gasteiger partial charge in [-0.25, -0.2) is 8.78 Å². The quantitative estimate of drug-likeness (QED) is 0.533. The van der Waals surface area contributed by atoms with Gasteiger partial charge < -0.3 is 15.5 Å². The smallest absolute Gasteiger partial charge is 0.323 e. The Morgan fingerprint density at radius 3 is 2.58 bits per heavy atom. The molecule has 1 aliphatic heterocycles. The SMILES string of the molecule is O=C(O)C1NCC[C@@]1(O)C(F)F. The molecule has 3 N–H and O–H groups in total. The Morgan fingerprint density at radius 2 is 2.25 bits per heavy atom. The van der Waals surface area contributed by atoms with Crippen molar-refractivity contribution in [2.24, 2.45) is 0 Å². The van der Waals surface area contributed by atoms with Gasteiger partial charge in [0.2, 0.25) is 0 Å². The minimum Gasteiger partial charge on any atom is -0.480 e. The maximum absolute atomic E-state index is 12.2. The van der Waals surface area contributed by atoms with Crippen LogP contribution in [0.3, 0.4) is 0 Å². The lowest BCUT2D eigenvalue weighted by Crippen LogP contribution is -2.52. The highest BCUT2D eigenvalue weighted by molar-refractivity contribution is 5.75. The maximum Gasteiger partial charge on any atom is 0.323 e. The first kappa shape index (κ1) is 9.34. The third-order valence-corrected chi connectivity index (χ3v) is 2.00. The van der Waals surface area contributed by atoms with Gasteiger partial charge in [0.15, 0.2) is 5.60 Å². The van der Waals surface area contributed by atoms with E-state index in [9.17, 15) is 18.7 Å². The second-order valence-corrected chi connectivity index (χ2v) is 2.77. The fourth-order valence-corrected chi connectivity index (χ4v) is 1.27. The summed E-state index contributed by atoms with van der Waals surface area (Å²) in [6.45, 7) is 0.0950. The number of alkyl halides is 2. The van der Waals surface area contributed by atoms with Crippen LogP contribution in [0.25, 0.3) is 0 Å². The molecule has 2 atom stereocenters. The molecule has 0 aromatic rings. The molecule has 0 aliphatic carbocycles. The number of carboxylic acids is 1. The molecule has 1 unspecified atom stereocenters. The summed E-state index contributed by atoms with van der Waals surface area (Å²) < 4.78 is 24.4. The summed E-state index contributed by atoms with van der Waals surface area (Å²) in [6.07, 6.45) is -3.27. The molecule has 1 fully saturated rings. The number of aliphatic carboxylic acids is 1. The minimum absolute atomic E-state index is 0.0950. The number of carbonyl (C=O) groups is 1. The highest BCUT2D eigenvalue weighted by atomic mass is 19.3. The van der Waals surface area contributed by atoms with Crippen molar-refractivity contribution in [2.45, 2.75) is 24.5 Å². The van der Waals surface area contributed by atoms with E-state index in [-0.39, 0.29) is 13.0 Å². The molecule has 4 nitrogen and oxygen atoms in total. The maximum atomic E-state index is 12.2. The lowest BCUT2D eigenvalue weighted by Gasteiger charge is -2.25. The van der Waals surface area contributed by atoms with Gasteiger partial charge in [-0.3, -0.25) is 4.79 Å². The Balaban J connectivity index is 2.81. The Hall–Kier alpha value is -0.750. The predicted molar refractivity (Wildman–Crippen MR) is 35.0 cm³/mol. The number of nitrogens with one attached hydrogen (secondary N) is 1. The second kappa shape index (κ2) is 2.95. The summed E-state index contributed by atoms with van der Waals surface area (Å²) in [5, 5.41) is 19.9. The summed E-state index contributed by atoms with van der Waals surface area (Å²) in [6, 6.07) is -1.56. The monoisotopic (exact) mass is 181 g/mol. The number of carboxylic acid groups (broad SMARTS) is 1. The van der Waals surface area contributed by atoms with Gasteiger partial charge in [-0.2, -0.15) is 0 Å². The highest BCUT2D eigenvalue weighted by Gasteiger charge is 2.52. The molecule has 1 heterocycles. The van der Waals surface area contributed by atoms with Crippen LogP contribution in [0.2, 0.25) is 0 Å². The third-order valence-electron chi connectivity index (χ3n) is 2.00. The number of halogens is 2. The van der Waals surface area contributed by atoms with Crippen molar-refractivity contribution in [3.05, 3.63) is 0 Å². The van der Waals surface area contributed by atoms with E-state index in [1.54, 1.807) is 0 Å². The van der Waals surface area contributed by atoms with Crippen LogP contribution in [0, 0.1) is 0 Å². The lowest BCUT2D eigenvalue weighted by molar-refractivity contribution is -0.155. The summed E-state index contributed by atoms with van der Waals surface area (Å²) in [7, 11) is 0. The predicted octanol–water partition coefficient (Wildman–Crippen LogP) is -0.571. The third kappa shape index (κ3) is 1.27. The molecule has 70 valence electrons. The highest BCUT2D eigenvalue weighted by Crippen LogP contribution is 2.28. The van der Waals surface area contributed by atoms with Crippen LogP contribution in [0.15, 0.2) is 0 Å². The van der Waals surface area contributed by atoms with Crippen LogP contribution in [0.4, 0.5) is 8.78 Å². The average molecular weight is 181 g/mol. The molecule has 0 bridgehead atoms. The molecule has 0 spiro atoms. The van der Waals surface area contributed by atoms with E-state index in [0.29, 0.717) is 0 Å². The Morgan fingerprint density at radius 1 is 1.67 bits per heavy atom. The molecule has 0 aromatic carbocycles. The van der Waals surface area contributed by atoms with Gasteiger partial charge >= 0.3 is 5.97 Å². The topological polar surface area (TPSA) is 69.6 Å². The zero-order valence-corrected chi connectivity index (χ0v) is 6.13. The summed E-state index contributed by atoms with van der Waals surface area (Å²) in [5.74, 6) is -1.45. The van der Waals surface area contributed by atoms with Gasteiger partial charge in [0.1, 0.15) is 6.04 Å². The summed E-state index contributed by atoms with van der Waals surface area (Å²) >= 11 is 0. The first-order valence-electron chi connectivity index (χ1n) is 3.45. The Kier molecular flexibility index (Phi) is 2.29. The fraction of sp³-hybridized carbons (Fsp3) is 0.833. The van der Waals surface area contributed by atoms with Crippen molar-refractivity contribution in [1.29, 1.82) is 0 Å². The molecule has 0 saturated carbocycles. The van der Waals surface area contributed by atoms with Gasteiger partial charge in [-0.05, 0) is 13.0 Å². The van der Waals surface area contributed by atoms with Crippen molar-refractivity contribution >= 4 is 5.97 Å². The van der Waals surface area contributed by atoms with Crippen LogP contribution in [0.5, 0.6) is 0 Å². The summed E-state index contributed by atoms with van der Waals surface area (Å²) in [5.41, 5.74) is -2.41. The molecular weight excluding hydrogens is 172 g/mol. The molecular formula is C6H9F2NO3. The zero-order valence-electron chi connectivity index (χ0n) is 6.13. The first-order chi connectivity index (χ1) is 5.48. The zero-order chi connectivity index (χ0) is 9.35. The van der Waals surface area contributed by atoms with Crippen LogP contribution < -0.4 is 5.32 Å². The minimum atomic E-state index is -3.03. The van der Waals surface area contributed by atoms with E-state index in [1.165, 1.54) is 0 Å². The molecule has 0 aromatic heterocycles. The Labute approximate surface area is 67.2 Å². The molecule has 12 heavy (non-hydrogen) atoms. The first-order valence-corrected chi connectivity index (χ1v) is 3.45. The van der Waals surface area contributed by atoms with E-state index < -0.39 is 24.0 Å². The Bertz CT molecular complexity index is 199. The molecule has 1 saturated heterocycles. The molecule has 1 aliphatic rings. The van der Waals surface area contributed by atoms with Gasteiger partial charge in [0, 0.05) is 0 Å². The van der Waals surface area contributed by atoms with E-state index in [0.717, 1.165) is 0 Å². The van der Waals surface area contributed by atoms with Gasteiger partial charge in [-0.1, -0.05) is 0 Å². The summed E-state index contributed by atoms with van der Waals surface area (Å²) in [4.78, 5) is 10.4. The molecule has 0 amide bonds. The van der Waals surface area contributed by atoms with Gasteiger partial charge in [0.25, 0.3) is 6.43 Å². The van der Waals surface area contributed by atoms with Crippen LogP contribution >= 0.6 is 0 Å². The number of hydrogen-bond donors (Lipinski definition) is 3. The standard InChI is InChI=1S/C6H9F2NO3/c7-5(8)6(12)1-2-9-3(6)4(10)11/h3,5,9,12H,1-2H2,(H,10,11)/t3?,6-/m0/s1. The van der Waals surface area contributed by atoms with Crippen molar-refractivity contribution in [1.82, 2.24) is 5.32 Å². The van der Waals surface area contributed by atoms with Crippen molar-refractivity contribution in [2.75, 3.05) is 6.54 Å². The van der Waals surface area contributed by atoms with E-state index in [4.69, 9.17) is 5.11 Å². The number of hydrogen-bond acceptors (Lipinski definition) is 3. The van der Waals surface area contributed by atoms with E-state index >= 15 is 0 Å². The van der Waals surface area contributed by atoms with Crippen LogP contribution in [0.1, 0.15) is 6.42 Å². The lowest BCUT2D eigenvalue weighted by atomic mass is 9.96. The fourth-order valence-electron chi connectivity index (χ4n) is 1.27. The van der Waals surface area contributed by atoms with Crippen molar-refractivity contribution < 1.29 is 23.8 Å². The van der Waals surface area contributed by atoms with Crippen molar-refractivity contribution in [3.63, 3.8) is 0 Å². The number of rotatable bonds is 2. The molecule has 6 heteroatoms. The normalized spacial score (nSPS) is 35.8. The van der Waals surface area contributed by atoms with Gasteiger partial charge in [-0.15, -0.1) is 0 Å². The number of aliphatic hydroxyl groups is 1.